The van der Waals surface area contributed by atoms with E-state index in [0.29, 0.717) is 30.4 Å². The van der Waals surface area contributed by atoms with Crippen LogP contribution in [0.15, 0.2) is 77.3 Å². The molecule has 0 fully saturated rings. The standard InChI is InChI=1S/C27H24N2O4/c1-17-25(28-27(30)32-18(2)19-6-4-3-5-7-19)26(33-29-17)21-10-8-20(9-11-21)22-12-13-23-15-31-16-24(23)14-22/h3-14,18H,15-16H2,1-2H3,(H,28,30). The summed E-state index contributed by atoms with van der Waals surface area (Å²) in [6, 6.07) is 24.0. The number of carbonyl (C=O) groups excluding carboxylic acids is 1. The molecule has 1 aliphatic heterocycles. The quantitative estimate of drug-likeness (QED) is 0.376. The zero-order chi connectivity index (χ0) is 22.8. The number of benzene rings is 3. The molecule has 2 heterocycles. The van der Waals surface area contributed by atoms with E-state index in [1.54, 1.807) is 6.92 Å². The lowest BCUT2D eigenvalue weighted by Gasteiger charge is -2.14. The summed E-state index contributed by atoms with van der Waals surface area (Å²) in [5.74, 6) is 0.491. The number of fused-ring (bicyclic) bond motifs is 1. The van der Waals surface area contributed by atoms with Gasteiger partial charge in [0.05, 0.1) is 13.2 Å². The van der Waals surface area contributed by atoms with Crippen molar-refractivity contribution in [1.82, 2.24) is 5.16 Å². The SMILES string of the molecule is Cc1noc(-c2ccc(-c3ccc4c(c3)COC4)cc2)c1NC(=O)OC(C)c1ccccc1. The molecule has 1 atom stereocenters. The Morgan fingerprint density at radius 3 is 2.42 bits per heavy atom. The zero-order valence-electron chi connectivity index (χ0n) is 18.5. The first-order valence-electron chi connectivity index (χ1n) is 10.9. The van der Waals surface area contributed by atoms with Crippen LogP contribution in [0.3, 0.4) is 0 Å². The molecule has 6 nitrogen and oxygen atoms in total. The van der Waals surface area contributed by atoms with Crippen molar-refractivity contribution in [2.45, 2.75) is 33.2 Å². The van der Waals surface area contributed by atoms with Crippen LogP contribution in [0.5, 0.6) is 0 Å². The van der Waals surface area contributed by atoms with Gasteiger partial charge in [-0.3, -0.25) is 5.32 Å². The third kappa shape index (κ3) is 4.38. The van der Waals surface area contributed by atoms with Gasteiger partial charge in [-0.15, -0.1) is 0 Å². The molecule has 4 aromatic rings. The Hall–Kier alpha value is -3.90. The minimum Gasteiger partial charge on any atom is -0.441 e. The van der Waals surface area contributed by atoms with Crippen LogP contribution in [-0.4, -0.2) is 11.2 Å². The Morgan fingerprint density at radius 1 is 0.939 bits per heavy atom. The fourth-order valence-electron chi connectivity index (χ4n) is 3.96. The first-order valence-corrected chi connectivity index (χ1v) is 10.9. The van der Waals surface area contributed by atoms with E-state index in [4.69, 9.17) is 14.0 Å². The Bertz CT molecular complexity index is 1280. The largest absolute Gasteiger partial charge is 0.441 e. The maximum absolute atomic E-state index is 12.5. The number of anilines is 1. The van der Waals surface area contributed by atoms with Gasteiger partial charge in [-0.2, -0.15) is 0 Å². The van der Waals surface area contributed by atoms with Crippen LogP contribution in [0.25, 0.3) is 22.5 Å². The molecule has 0 spiro atoms. The number of ether oxygens (including phenoxy) is 2. The highest BCUT2D eigenvalue weighted by molar-refractivity contribution is 5.91. The number of amides is 1. The van der Waals surface area contributed by atoms with Crippen molar-refractivity contribution in [2.75, 3.05) is 5.32 Å². The highest BCUT2D eigenvalue weighted by atomic mass is 16.6. The van der Waals surface area contributed by atoms with Crippen LogP contribution in [-0.2, 0) is 22.7 Å². The number of aromatic nitrogens is 1. The van der Waals surface area contributed by atoms with Crippen molar-refractivity contribution in [3.8, 4) is 22.5 Å². The van der Waals surface area contributed by atoms with E-state index in [-0.39, 0.29) is 6.10 Å². The van der Waals surface area contributed by atoms with Gasteiger partial charge < -0.3 is 14.0 Å². The average Bonchev–Trinajstić information content (AvgIpc) is 3.46. The summed E-state index contributed by atoms with van der Waals surface area (Å²) < 4.78 is 16.6. The molecule has 3 aromatic carbocycles. The molecule has 0 aliphatic carbocycles. The number of hydrogen-bond donors (Lipinski definition) is 1. The Labute approximate surface area is 192 Å². The number of nitrogens with zero attached hydrogens (tertiary/aromatic N) is 1. The van der Waals surface area contributed by atoms with Crippen molar-refractivity contribution in [2.24, 2.45) is 0 Å². The Kier molecular flexibility index (Phi) is 5.67. The lowest BCUT2D eigenvalue weighted by molar-refractivity contribution is 0.121. The topological polar surface area (TPSA) is 73.6 Å². The van der Waals surface area contributed by atoms with Gasteiger partial charge in [0.1, 0.15) is 17.5 Å². The van der Waals surface area contributed by atoms with Crippen LogP contribution in [0.4, 0.5) is 10.5 Å². The highest BCUT2D eigenvalue weighted by Crippen LogP contribution is 2.34. The first-order chi connectivity index (χ1) is 16.1. The lowest BCUT2D eigenvalue weighted by Crippen LogP contribution is -2.16. The summed E-state index contributed by atoms with van der Waals surface area (Å²) in [7, 11) is 0. The molecule has 1 aromatic heterocycles. The normalized spacial score (nSPS) is 13.4. The third-order valence-electron chi connectivity index (χ3n) is 5.84. The number of hydrogen-bond acceptors (Lipinski definition) is 5. The molecule has 5 rings (SSSR count). The van der Waals surface area contributed by atoms with E-state index in [2.05, 4.69) is 28.7 Å². The fourth-order valence-corrected chi connectivity index (χ4v) is 3.96. The van der Waals surface area contributed by atoms with Gasteiger partial charge in [-0.1, -0.05) is 71.9 Å². The van der Waals surface area contributed by atoms with Gasteiger partial charge in [-0.25, -0.2) is 4.79 Å². The predicted octanol–water partition coefficient (Wildman–Crippen LogP) is 6.66. The van der Waals surface area contributed by atoms with Gasteiger partial charge in [0.15, 0.2) is 5.76 Å². The number of rotatable bonds is 5. The van der Waals surface area contributed by atoms with Crippen LogP contribution in [0.1, 0.15) is 35.4 Å². The molecule has 6 heteroatoms. The predicted molar refractivity (Wildman–Crippen MR) is 126 cm³/mol. The molecule has 166 valence electrons. The van der Waals surface area contributed by atoms with E-state index < -0.39 is 6.09 Å². The minimum atomic E-state index is -0.559. The van der Waals surface area contributed by atoms with Gasteiger partial charge >= 0.3 is 6.09 Å². The molecule has 1 amide bonds. The second kappa shape index (κ2) is 8.92. The van der Waals surface area contributed by atoms with Gasteiger partial charge in [0.2, 0.25) is 0 Å². The minimum absolute atomic E-state index is 0.383. The highest BCUT2D eigenvalue weighted by Gasteiger charge is 2.20. The second-order valence-corrected chi connectivity index (χ2v) is 8.11. The molecule has 1 N–H and O–H groups in total. The van der Waals surface area contributed by atoms with Crippen molar-refractivity contribution in [1.29, 1.82) is 0 Å². The summed E-state index contributed by atoms with van der Waals surface area (Å²) in [6.45, 7) is 4.96. The summed E-state index contributed by atoms with van der Waals surface area (Å²) in [5, 5.41) is 6.85. The summed E-state index contributed by atoms with van der Waals surface area (Å²) in [6.07, 6.45) is -0.942. The Balaban J connectivity index is 1.33. The van der Waals surface area contributed by atoms with E-state index >= 15 is 0 Å². The molecular weight excluding hydrogens is 416 g/mol. The fraction of sp³-hybridized carbons (Fsp3) is 0.185. The van der Waals surface area contributed by atoms with Crippen LogP contribution >= 0.6 is 0 Å². The van der Waals surface area contributed by atoms with Crippen molar-refractivity contribution in [3.63, 3.8) is 0 Å². The average molecular weight is 440 g/mol. The monoisotopic (exact) mass is 440 g/mol. The van der Waals surface area contributed by atoms with Gasteiger partial charge in [0, 0.05) is 5.56 Å². The summed E-state index contributed by atoms with van der Waals surface area (Å²) in [5.41, 5.74) is 7.53. The molecule has 0 saturated carbocycles. The molecule has 1 unspecified atom stereocenters. The molecular formula is C27H24N2O4. The van der Waals surface area contributed by atoms with E-state index in [1.807, 2.05) is 61.5 Å². The summed E-state index contributed by atoms with van der Waals surface area (Å²) >= 11 is 0. The van der Waals surface area contributed by atoms with Crippen molar-refractivity contribution >= 4 is 11.8 Å². The number of nitrogens with one attached hydrogen (secondary N) is 1. The maximum atomic E-state index is 12.5. The van der Waals surface area contributed by atoms with Crippen molar-refractivity contribution in [3.05, 3.63) is 95.2 Å². The number of aryl methyl sites for hydroxylation is 1. The van der Waals surface area contributed by atoms with E-state index in [9.17, 15) is 4.79 Å². The first kappa shape index (κ1) is 21.0. The Morgan fingerprint density at radius 2 is 1.64 bits per heavy atom. The maximum Gasteiger partial charge on any atom is 0.412 e. The zero-order valence-corrected chi connectivity index (χ0v) is 18.5. The lowest BCUT2D eigenvalue weighted by atomic mass is 9.99. The van der Waals surface area contributed by atoms with Crippen LogP contribution in [0, 0.1) is 6.92 Å². The van der Waals surface area contributed by atoms with Gasteiger partial charge in [0.25, 0.3) is 0 Å². The molecule has 33 heavy (non-hydrogen) atoms. The van der Waals surface area contributed by atoms with Crippen LogP contribution < -0.4 is 5.32 Å². The smallest absolute Gasteiger partial charge is 0.412 e. The molecule has 1 aliphatic rings. The van der Waals surface area contributed by atoms with E-state index in [1.165, 1.54) is 11.1 Å². The molecule has 0 radical (unpaired) electrons. The van der Waals surface area contributed by atoms with E-state index in [0.717, 1.165) is 22.3 Å². The molecule has 0 saturated heterocycles. The summed E-state index contributed by atoms with van der Waals surface area (Å²) in [4.78, 5) is 12.5. The van der Waals surface area contributed by atoms with Crippen molar-refractivity contribution < 1.29 is 18.8 Å². The third-order valence-corrected chi connectivity index (χ3v) is 5.84. The second-order valence-electron chi connectivity index (χ2n) is 8.11. The molecule has 0 bridgehead atoms. The van der Waals surface area contributed by atoms with Gasteiger partial charge in [-0.05, 0) is 47.7 Å². The number of carbonyl (C=O) groups is 1. The van der Waals surface area contributed by atoms with Crippen LogP contribution in [0.2, 0.25) is 0 Å².